The SMILES string of the molecule is CC(c1cccnc1N)N(C)CCC#N. The average molecular weight is 204 g/mol. The molecule has 0 saturated heterocycles. The Morgan fingerprint density at radius 2 is 2.40 bits per heavy atom. The Balaban J connectivity index is 2.72. The number of anilines is 1. The topological polar surface area (TPSA) is 65.9 Å². The highest BCUT2D eigenvalue weighted by Crippen LogP contribution is 2.22. The molecule has 1 aromatic heterocycles. The maximum absolute atomic E-state index is 8.51. The van der Waals surface area contributed by atoms with Crippen LogP contribution in [0, 0.1) is 11.3 Å². The molecule has 0 aliphatic rings. The Bertz CT molecular complexity index is 356. The fraction of sp³-hybridized carbons (Fsp3) is 0.455. The standard InChI is InChI=1S/C11H16N4/c1-9(15(2)8-4-6-12)10-5-3-7-14-11(10)13/h3,5,7,9H,4,8H2,1-2H3,(H2,13,14). The maximum Gasteiger partial charge on any atom is 0.128 e. The van der Waals surface area contributed by atoms with Crippen molar-refractivity contribution in [3.8, 4) is 6.07 Å². The van der Waals surface area contributed by atoms with Crippen LogP contribution in [0.5, 0.6) is 0 Å². The van der Waals surface area contributed by atoms with Crippen LogP contribution in [0.3, 0.4) is 0 Å². The Morgan fingerprint density at radius 3 is 3.00 bits per heavy atom. The third kappa shape index (κ3) is 2.93. The van der Waals surface area contributed by atoms with Gasteiger partial charge in [0, 0.05) is 30.8 Å². The number of nitriles is 1. The molecule has 1 atom stereocenters. The zero-order chi connectivity index (χ0) is 11.3. The van der Waals surface area contributed by atoms with Crippen LogP contribution in [0.2, 0.25) is 0 Å². The van der Waals surface area contributed by atoms with Crippen molar-refractivity contribution in [3.05, 3.63) is 23.9 Å². The lowest BCUT2D eigenvalue weighted by molar-refractivity contribution is 0.268. The van der Waals surface area contributed by atoms with Crippen LogP contribution < -0.4 is 5.73 Å². The van der Waals surface area contributed by atoms with Gasteiger partial charge in [-0.2, -0.15) is 5.26 Å². The van der Waals surface area contributed by atoms with Gasteiger partial charge in [-0.3, -0.25) is 4.90 Å². The highest BCUT2D eigenvalue weighted by Gasteiger charge is 2.13. The molecule has 0 amide bonds. The monoisotopic (exact) mass is 204 g/mol. The van der Waals surface area contributed by atoms with Crippen LogP contribution in [0.1, 0.15) is 24.9 Å². The maximum atomic E-state index is 8.51. The first-order chi connectivity index (χ1) is 7.16. The molecule has 15 heavy (non-hydrogen) atoms. The quantitative estimate of drug-likeness (QED) is 0.808. The molecule has 0 radical (unpaired) electrons. The fourth-order valence-electron chi connectivity index (χ4n) is 1.44. The normalized spacial score (nSPS) is 12.4. The molecule has 80 valence electrons. The van der Waals surface area contributed by atoms with Crippen molar-refractivity contribution in [2.45, 2.75) is 19.4 Å². The molecule has 1 aromatic rings. The first-order valence-corrected chi connectivity index (χ1v) is 4.94. The first-order valence-electron chi connectivity index (χ1n) is 4.94. The van der Waals surface area contributed by atoms with Crippen LogP contribution >= 0.6 is 0 Å². The fourth-order valence-corrected chi connectivity index (χ4v) is 1.44. The van der Waals surface area contributed by atoms with Gasteiger partial charge in [0.25, 0.3) is 0 Å². The summed E-state index contributed by atoms with van der Waals surface area (Å²) >= 11 is 0. The molecule has 0 fully saturated rings. The van der Waals surface area contributed by atoms with Gasteiger partial charge in [0.15, 0.2) is 0 Å². The van der Waals surface area contributed by atoms with Gasteiger partial charge >= 0.3 is 0 Å². The number of aromatic nitrogens is 1. The number of nitrogens with two attached hydrogens (primary N) is 1. The van der Waals surface area contributed by atoms with Crippen LogP contribution in [-0.2, 0) is 0 Å². The van der Waals surface area contributed by atoms with Crippen molar-refractivity contribution in [1.82, 2.24) is 9.88 Å². The van der Waals surface area contributed by atoms with Crippen molar-refractivity contribution < 1.29 is 0 Å². The second kappa shape index (κ2) is 5.32. The van der Waals surface area contributed by atoms with Gasteiger partial charge in [0.05, 0.1) is 6.07 Å². The summed E-state index contributed by atoms with van der Waals surface area (Å²) in [6.45, 7) is 2.80. The third-order valence-corrected chi connectivity index (χ3v) is 2.56. The number of nitrogen functional groups attached to an aromatic ring is 1. The minimum atomic E-state index is 0.187. The lowest BCUT2D eigenvalue weighted by Gasteiger charge is -2.24. The Hall–Kier alpha value is -1.60. The molecular formula is C11H16N4. The first kappa shape index (κ1) is 11.5. The minimum Gasteiger partial charge on any atom is -0.383 e. The second-order valence-electron chi connectivity index (χ2n) is 3.54. The van der Waals surface area contributed by atoms with Crippen LogP contribution in [0.4, 0.5) is 5.82 Å². The minimum absolute atomic E-state index is 0.187. The van der Waals surface area contributed by atoms with Gasteiger partial charge in [-0.1, -0.05) is 6.07 Å². The van der Waals surface area contributed by atoms with Gasteiger partial charge in [-0.05, 0) is 20.0 Å². The molecule has 0 aromatic carbocycles. The summed E-state index contributed by atoms with van der Waals surface area (Å²) in [5.41, 5.74) is 6.80. The summed E-state index contributed by atoms with van der Waals surface area (Å²) in [5.74, 6) is 0.564. The van der Waals surface area contributed by atoms with E-state index >= 15 is 0 Å². The van der Waals surface area contributed by atoms with E-state index in [9.17, 15) is 0 Å². The lowest BCUT2D eigenvalue weighted by atomic mass is 10.1. The lowest BCUT2D eigenvalue weighted by Crippen LogP contribution is -2.24. The third-order valence-electron chi connectivity index (χ3n) is 2.56. The number of rotatable bonds is 4. The molecule has 0 spiro atoms. The van der Waals surface area contributed by atoms with Crippen LogP contribution in [-0.4, -0.2) is 23.5 Å². The van der Waals surface area contributed by atoms with Crippen molar-refractivity contribution in [2.75, 3.05) is 19.3 Å². The summed E-state index contributed by atoms with van der Waals surface area (Å²) in [5, 5.41) is 8.51. The van der Waals surface area contributed by atoms with E-state index in [1.54, 1.807) is 6.20 Å². The summed E-state index contributed by atoms with van der Waals surface area (Å²) < 4.78 is 0. The molecule has 0 bridgehead atoms. The molecule has 1 rings (SSSR count). The van der Waals surface area contributed by atoms with E-state index in [1.807, 2.05) is 19.2 Å². The number of nitrogens with zero attached hydrogens (tertiary/aromatic N) is 3. The number of hydrogen-bond acceptors (Lipinski definition) is 4. The Kier molecular flexibility index (Phi) is 4.07. The van der Waals surface area contributed by atoms with Gasteiger partial charge in [-0.15, -0.1) is 0 Å². The zero-order valence-corrected chi connectivity index (χ0v) is 9.14. The summed E-state index contributed by atoms with van der Waals surface area (Å²) in [7, 11) is 1.98. The predicted molar refractivity (Wildman–Crippen MR) is 59.9 cm³/mol. The molecule has 1 heterocycles. The summed E-state index contributed by atoms with van der Waals surface area (Å²) in [6.07, 6.45) is 2.21. The Morgan fingerprint density at radius 1 is 1.67 bits per heavy atom. The number of pyridine rings is 1. The highest BCUT2D eigenvalue weighted by molar-refractivity contribution is 5.40. The molecule has 4 nitrogen and oxygen atoms in total. The molecule has 0 aliphatic carbocycles. The molecule has 0 aliphatic heterocycles. The van der Waals surface area contributed by atoms with Crippen molar-refractivity contribution in [2.24, 2.45) is 0 Å². The summed E-state index contributed by atoms with van der Waals surface area (Å²) in [6, 6.07) is 6.16. The van der Waals surface area contributed by atoms with E-state index in [0.29, 0.717) is 12.2 Å². The Labute approximate surface area is 90.3 Å². The van der Waals surface area contributed by atoms with Gasteiger partial charge < -0.3 is 5.73 Å². The largest absolute Gasteiger partial charge is 0.383 e. The molecule has 2 N–H and O–H groups in total. The summed E-state index contributed by atoms with van der Waals surface area (Å²) in [4.78, 5) is 6.14. The van der Waals surface area contributed by atoms with E-state index in [0.717, 1.165) is 12.1 Å². The van der Waals surface area contributed by atoms with E-state index < -0.39 is 0 Å². The van der Waals surface area contributed by atoms with Gasteiger partial charge in [0.2, 0.25) is 0 Å². The smallest absolute Gasteiger partial charge is 0.128 e. The highest BCUT2D eigenvalue weighted by atomic mass is 15.1. The average Bonchev–Trinajstić information content (AvgIpc) is 2.25. The van der Waals surface area contributed by atoms with Crippen LogP contribution in [0.25, 0.3) is 0 Å². The molecule has 4 heteroatoms. The van der Waals surface area contributed by atoms with E-state index in [2.05, 4.69) is 22.9 Å². The number of hydrogen-bond donors (Lipinski definition) is 1. The van der Waals surface area contributed by atoms with E-state index in [-0.39, 0.29) is 6.04 Å². The predicted octanol–water partition coefficient (Wildman–Crippen LogP) is 1.57. The van der Waals surface area contributed by atoms with Crippen molar-refractivity contribution in [1.29, 1.82) is 5.26 Å². The van der Waals surface area contributed by atoms with E-state index in [4.69, 9.17) is 11.0 Å². The van der Waals surface area contributed by atoms with E-state index in [1.165, 1.54) is 0 Å². The molecular weight excluding hydrogens is 188 g/mol. The zero-order valence-electron chi connectivity index (χ0n) is 9.14. The van der Waals surface area contributed by atoms with Gasteiger partial charge in [0.1, 0.15) is 5.82 Å². The molecule has 0 saturated carbocycles. The van der Waals surface area contributed by atoms with Crippen molar-refractivity contribution in [3.63, 3.8) is 0 Å². The van der Waals surface area contributed by atoms with Gasteiger partial charge in [-0.25, -0.2) is 4.98 Å². The van der Waals surface area contributed by atoms with Crippen LogP contribution in [0.15, 0.2) is 18.3 Å². The van der Waals surface area contributed by atoms with Crippen molar-refractivity contribution >= 4 is 5.82 Å². The second-order valence-corrected chi connectivity index (χ2v) is 3.54. The molecule has 1 unspecified atom stereocenters.